The zero-order valence-electron chi connectivity index (χ0n) is 7.41. The summed E-state index contributed by atoms with van der Waals surface area (Å²) in [5.74, 6) is 0.632. The maximum absolute atomic E-state index is 11.5. The Hall–Kier alpha value is -1.35. The smallest absolute Gasteiger partial charge is 0.186 e. The van der Waals surface area contributed by atoms with Crippen LogP contribution in [0.15, 0.2) is 18.2 Å². The van der Waals surface area contributed by atoms with Crippen molar-refractivity contribution in [3.63, 3.8) is 0 Å². The van der Waals surface area contributed by atoms with Crippen LogP contribution in [-0.2, 0) is 0 Å². The minimum absolute atomic E-state index is 0.0266. The van der Waals surface area contributed by atoms with Crippen LogP contribution < -0.4 is 10.5 Å². The molecule has 0 aliphatic carbocycles. The van der Waals surface area contributed by atoms with Crippen LogP contribution in [0.2, 0.25) is 0 Å². The molecule has 1 unspecified atom stereocenters. The van der Waals surface area contributed by atoms with Crippen molar-refractivity contribution in [2.24, 2.45) is 5.73 Å². The molecule has 0 aromatic heterocycles. The van der Waals surface area contributed by atoms with Crippen molar-refractivity contribution in [1.82, 2.24) is 0 Å². The van der Waals surface area contributed by atoms with Crippen LogP contribution in [0, 0.1) is 6.92 Å². The van der Waals surface area contributed by atoms with Crippen molar-refractivity contribution >= 4 is 5.78 Å². The maximum Gasteiger partial charge on any atom is 0.186 e. The summed E-state index contributed by atoms with van der Waals surface area (Å²) < 4.78 is 5.34. The number of hydrogen-bond donors (Lipinski definition) is 1. The number of hydrogen-bond acceptors (Lipinski definition) is 3. The second-order valence-electron chi connectivity index (χ2n) is 3.28. The molecular weight excluding hydrogens is 166 g/mol. The molecule has 0 spiro atoms. The Kier molecular flexibility index (Phi) is 1.81. The highest BCUT2D eigenvalue weighted by atomic mass is 16.5. The zero-order valence-corrected chi connectivity index (χ0v) is 7.41. The molecule has 1 aromatic rings. The second kappa shape index (κ2) is 2.85. The predicted molar refractivity (Wildman–Crippen MR) is 49.0 cm³/mol. The molecule has 0 saturated carbocycles. The van der Waals surface area contributed by atoms with Crippen LogP contribution in [0.3, 0.4) is 0 Å². The molecule has 1 aliphatic rings. The van der Waals surface area contributed by atoms with Crippen molar-refractivity contribution in [2.75, 3.05) is 6.61 Å². The lowest BCUT2D eigenvalue weighted by Crippen LogP contribution is -2.40. The van der Waals surface area contributed by atoms with E-state index in [9.17, 15) is 4.79 Å². The van der Waals surface area contributed by atoms with Gasteiger partial charge in [0, 0.05) is 0 Å². The van der Waals surface area contributed by atoms with Crippen molar-refractivity contribution < 1.29 is 9.53 Å². The van der Waals surface area contributed by atoms with Gasteiger partial charge < -0.3 is 10.5 Å². The molecule has 3 heteroatoms. The first-order valence-electron chi connectivity index (χ1n) is 4.22. The van der Waals surface area contributed by atoms with Crippen molar-refractivity contribution in [3.8, 4) is 5.75 Å². The molecular formula is C10H11NO2. The summed E-state index contributed by atoms with van der Waals surface area (Å²) in [4.78, 5) is 11.5. The first-order valence-corrected chi connectivity index (χ1v) is 4.22. The average Bonchev–Trinajstić information content (AvgIpc) is 2.12. The molecule has 1 heterocycles. The molecule has 3 nitrogen and oxygen atoms in total. The predicted octanol–water partition coefficient (Wildman–Crippen LogP) is 0.897. The molecule has 68 valence electrons. The number of ether oxygens (including phenoxy) is 1. The molecule has 0 amide bonds. The minimum Gasteiger partial charge on any atom is -0.491 e. The monoisotopic (exact) mass is 177 g/mol. The van der Waals surface area contributed by atoms with Gasteiger partial charge in [0.2, 0.25) is 0 Å². The van der Waals surface area contributed by atoms with E-state index in [4.69, 9.17) is 10.5 Å². The highest BCUT2D eigenvalue weighted by Gasteiger charge is 2.25. The van der Waals surface area contributed by atoms with Gasteiger partial charge in [-0.3, -0.25) is 4.79 Å². The van der Waals surface area contributed by atoms with Gasteiger partial charge in [-0.2, -0.15) is 0 Å². The topological polar surface area (TPSA) is 52.3 Å². The van der Waals surface area contributed by atoms with Gasteiger partial charge in [0.25, 0.3) is 0 Å². The zero-order chi connectivity index (χ0) is 9.42. The van der Waals surface area contributed by atoms with E-state index in [0.717, 1.165) is 5.56 Å². The minimum atomic E-state index is -0.504. The fourth-order valence-corrected chi connectivity index (χ4v) is 1.41. The summed E-state index contributed by atoms with van der Waals surface area (Å²) in [5.41, 5.74) is 7.24. The third kappa shape index (κ3) is 1.31. The fraction of sp³-hybridized carbons (Fsp3) is 0.300. The first kappa shape index (κ1) is 8.26. The number of benzene rings is 1. The van der Waals surface area contributed by atoms with E-state index in [0.29, 0.717) is 11.3 Å². The van der Waals surface area contributed by atoms with Crippen LogP contribution >= 0.6 is 0 Å². The van der Waals surface area contributed by atoms with Crippen LogP contribution in [0.5, 0.6) is 5.75 Å². The molecule has 1 aromatic carbocycles. The van der Waals surface area contributed by atoms with Gasteiger partial charge in [0.1, 0.15) is 18.4 Å². The van der Waals surface area contributed by atoms with Gasteiger partial charge in [0.15, 0.2) is 5.78 Å². The number of ketones is 1. The molecule has 1 atom stereocenters. The standard InChI is InChI=1S/C10H11NO2/c1-6-2-3-7-9(4-6)13-5-8(11)10(7)12/h2-4,8H,5,11H2,1H3. The quantitative estimate of drug-likeness (QED) is 0.640. The number of Topliss-reactive ketones (excluding diaryl/α,β-unsaturated/α-hetero) is 1. The summed E-state index contributed by atoms with van der Waals surface area (Å²) in [5, 5.41) is 0. The third-order valence-corrected chi connectivity index (χ3v) is 2.16. The van der Waals surface area contributed by atoms with Gasteiger partial charge in [-0.25, -0.2) is 0 Å². The molecule has 2 N–H and O–H groups in total. The Morgan fingerprint density at radius 2 is 2.31 bits per heavy atom. The number of rotatable bonds is 0. The lowest BCUT2D eigenvalue weighted by atomic mass is 10.0. The number of fused-ring (bicyclic) bond motifs is 1. The Morgan fingerprint density at radius 3 is 3.08 bits per heavy atom. The summed E-state index contributed by atoms with van der Waals surface area (Å²) in [6.07, 6.45) is 0. The Labute approximate surface area is 76.5 Å². The normalized spacial score (nSPS) is 20.8. The van der Waals surface area contributed by atoms with Crippen LogP contribution in [0.25, 0.3) is 0 Å². The number of aryl methyl sites for hydroxylation is 1. The highest BCUT2D eigenvalue weighted by Crippen LogP contribution is 2.24. The average molecular weight is 177 g/mol. The molecule has 0 fully saturated rings. The molecule has 0 saturated heterocycles. The summed E-state index contributed by atoms with van der Waals surface area (Å²) in [6, 6.07) is 5.01. The van der Waals surface area contributed by atoms with E-state index < -0.39 is 6.04 Å². The molecule has 0 bridgehead atoms. The Morgan fingerprint density at radius 1 is 1.54 bits per heavy atom. The summed E-state index contributed by atoms with van der Waals surface area (Å²) in [6.45, 7) is 2.25. The van der Waals surface area contributed by atoms with Gasteiger partial charge in [-0.1, -0.05) is 6.07 Å². The number of carbonyl (C=O) groups excluding carboxylic acids is 1. The van der Waals surface area contributed by atoms with Crippen LogP contribution in [-0.4, -0.2) is 18.4 Å². The van der Waals surface area contributed by atoms with E-state index in [1.807, 2.05) is 19.1 Å². The lowest BCUT2D eigenvalue weighted by molar-refractivity contribution is 0.0900. The van der Waals surface area contributed by atoms with Crippen molar-refractivity contribution in [3.05, 3.63) is 29.3 Å². The number of nitrogens with two attached hydrogens (primary N) is 1. The number of carbonyl (C=O) groups is 1. The molecule has 13 heavy (non-hydrogen) atoms. The van der Waals surface area contributed by atoms with E-state index >= 15 is 0 Å². The van der Waals surface area contributed by atoms with Gasteiger partial charge in [-0.05, 0) is 24.6 Å². The Balaban J connectivity index is 2.50. The Bertz CT molecular complexity index is 360. The first-order chi connectivity index (χ1) is 6.18. The van der Waals surface area contributed by atoms with Crippen LogP contribution in [0.4, 0.5) is 0 Å². The molecule has 2 rings (SSSR count). The van der Waals surface area contributed by atoms with E-state index in [-0.39, 0.29) is 12.4 Å². The lowest BCUT2D eigenvalue weighted by Gasteiger charge is -2.21. The van der Waals surface area contributed by atoms with E-state index in [1.165, 1.54) is 0 Å². The van der Waals surface area contributed by atoms with E-state index in [2.05, 4.69) is 0 Å². The fourth-order valence-electron chi connectivity index (χ4n) is 1.41. The van der Waals surface area contributed by atoms with Crippen LogP contribution in [0.1, 0.15) is 15.9 Å². The SMILES string of the molecule is Cc1ccc2c(c1)OCC(N)C2=O. The van der Waals surface area contributed by atoms with Gasteiger partial charge in [0.05, 0.1) is 5.56 Å². The van der Waals surface area contributed by atoms with Crippen molar-refractivity contribution in [2.45, 2.75) is 13.0 Å². The maximum atomic E-state index is 11.5. The largest absolute Gasteiger partial charge is 0.491 e. The van der Waals surface area contributed by atoms with Gasteiger partial charge >= 0.3 is 0 Å². The summed E-state index contributed by atoms with van der Waals surface area (Å²) in [7, 11) is 0. The molecule has 0 radical (unpaired) electrons. The van der Waals surface area contributed by atoms with Crippen molar-refractivity contribution in [1.29, 1.82) is 0 Å². The highest BCUT2D eigenvalue weighted by molar-refractivity contribution is 6.03. The van der Waals surface area contributed by atoms with E-state index in [1.54, 1.807) is 6.07 Å². The summed E-state index contributed by atoms with van der Waals surface area (Å²) >= 11 is 0. The second-order valence-corrected chi connectivity index (χ2v) is 3.28. The third-order valence-electron chi connectivity index (χ3n) is 2.16. The van der Waals surface area contributed by atoms with Gasteiger partial charge in [-0.15, -0.1) is 0 Å². The molecule has 1 aliphatic heterocycles.